The minimum Gasteiger partial charge on any atom is -0.370 e. The van der Waals surface area contributed by atoms with Gasteiger partial charge in [0.1, 0.15) is 17.8 Å². The molecule has 0 aromatic carbocycles. The van der Waals surface area contributed by atoms with Crippen LogP contribution in [0.2, 0.25) is 0 Å². The standard InChI is InChI=1S/C19H25F2N5O2/c20-12-1-2-15(21)14(5-12)19-16(22)6-13(10-28-19)25-8-11-7-24-26(17(11)9-25)4-3-18(23)27/h5,7,13,16,19H,1-4,6,8-10,22H2,(H2,23,27)/t13-,16+,19-/m1/s1. The first-order valence-corrected chi connectivity index (χ1v) is 9.60. The van der Waals surface area contributed by atoms with Crippen molar-refractivity contribution in [2.24, 2.45) is 11.5 Å². The average Bonchev–Trinajstić information content (AvgIpc) is 3.23. The number of fused-ring (bicyclic) bond motifs is 1. The summed E-state index contributed by atoms with van der Waals surface area (Å²) in [5.74, 6) is -1.01. The van der Waals surface area contributed by atoms with Crippen molar-refractivity contribution >= 4 is 5.91 Å². The molecule has 1 aliphatic carbocycles. The van der Waals surface area contributed by atoms with Gasteiger partial charge in [-0.15, -0.1) is 0 Å². The van der Waals surface area contributed by atoms with Gasteiger partial charge in [-0.3, -0.25) is 14.4 Å². The summed E-state index contributed by atoms with van der Waals surface area (Å²) >= 11 is 0. The van der Waals surface area contributed by atoms with E-state index in [-0.39, 0.29) is 48.4 Å². The van der Waals surface area contributed by atoms with Crippen molar-refractivity contribution in [1.29, 1.82) is 0 Å². The molecule has 1 saturated heterocycles. The molecule has 9 heteroatoms. The predicted octanol–water partition coefficient (Wildman–Crippen LogP) is 1.43. The fraction of sp³-hybridized carbons (Fsp3) is 0.579. The number of halogens is 2. The van der Waals surface area contributed by atoms with Crippen LogP contribution < -0.4 is 11.5 Å². The average molecular weight is 393 g/mol. The first-order chi connectivity index (χ1) is 13.4. The Morgan fingerprint density at radius 2 is 2.14 bits per heavy atom. The topological polar surface area (TPSA) is 99.4 Å². The lowest BCUT2D eigenvalue weighted by Crippen LogP contribution is -2.51. The van der Waals surface area contributed by atoms with E-state index in [1.807, 2.05) is 10.9 Å². The number of ether oxygens (including phenoxy) is 1. The normalized spacial score (nSPS) is 28.4. The molecule has 1 fully saturated rings. The second-order valence-corrected chi connectivity index (χ2v) is 7.72. The molecule has 4 rings (SSSR count). The Morgan fingerprint density at radius 1 is 1.32 bits per heavy atom. The van der Waals surface area contributed by atoms with E-state index < -0.39 is 12.1 Å². The Kier molecular flexibility index (Phi) is 5.31. The summed E-state index contributed by atoms with van der Waals surface area (Å²) in [6.45, 7) is 2.28. The molecule has 0 radical (unpaired) electrons. The van der Waals surface area contributed by atoms with Crippen LogP contribution in [-0.4, -0.2) is 45.4 Å². The summed E-state index contributed by atoms with van der Waals surface area (Å²) in [5, 5.41) is 4.33. The molecule has 0 saturated carbocycles. The third-order valence-electron chi connectivity index (χ3n) is 5.76. The van der Waals surface area contributed by atoms with E-state index in [2.05, 4.69) is 10.00 Å². The van der Waals surface area contributed by atoms with Gasteiger partial charge in [0.05, 0.1) is 25.0 Å². The van der Waals surface area contributed by atoms with E-state index in [1.165, 1.54) is 6.08 Å². The van der Waals surface area contributed by atoms with Crippen molar-refractivity contribution in [2.75, 3.05) is 6.61 Å². The lowest BCUT2D eigenvalue weighted by Gasteiger charge is -2.39. The molecule has 7 nitrogen and oxygen atoms in total. The Balaban J connectivity index is 1.39. The zero-order valence-electron chi connectivity index (χ0n) is 15.6. The van der Waals surface area contributed by atoms with Crippen LogP contribution in [0.15, 0.2) is 29.5 Å². The zero-order chi connectivity index (χ0) is 19.8. The van der Waals surface area contributed by atoms with E-state index in [4.69, 9.17) is 16.2 Å². The van der Waals surface area contributed by atoms with Crippen LogP contribution in [0.1, 0.15) is 36.9 Å². The number of allylic oxidation sites excluding steroid dienone is 2. The monoisotopic (exact) mass is 393 g/mol. The van der Waals surface area contributed by atoms with Gasteiger partial charge in [-0.1, -0.05) is 0 Å². The molecular weight excluding hydrogens is 368 g/mol. The first kappa shape index (κ1) is 19.2. The minimum absolute atomic E-state index is 0.0664. The van der Waals surface area contributed by atoms with Gasteiger partial charge in [-0.25, -0.2) is 8.78 Å². The molecule has 2 aliphatic heterocycles. The highest BCUT2D eigenvalue weighted by Gasteiger charge is 2.38. The Bertz CT molecular complexity index is 834. The van der Waals surface area contributed by atoms with Crippen molar-refractivity contribution in [3.63, 3.8) is 0 Å². The number of nitrogens with zero attached hydrogens (tertiary/aromatic N) is 3. The van der Waals surface area contributed by atoms with Crippen molar-refractivity contribution in [3.8, 4) is 0 Å². The Labute approximate surface area is 162 Å². The second kappa shape index (κ2) is 7.73. The van der Waals surface area contributed by atoms with Crippen LogP contribution in [0.25, 0.3) is 0 Å². The molecule has 4 N–H and O–H groups in total. The number of rotatable bonds is 5. The van der Waals surface area contributed by atoms with Gasteiger partial charge in [-0.05, 0) is 12.5 Å². The number of aromatic nitrogens is 2. The fourth-order valence-electron chi connectivity index (χ4n) is 4.25. The van der Waals surface area contributed by atoms with E-state index in [0.717, 1.165) is 17.8 Å². The second-order valence-electron chi connectivity index (χ2n) is 7.72. The first-order valence-electron chi connectivity index (χ1n) is 9.60. The number of hydrogen-bond acceptors (Lipinski definition) is 5. The van der Waals surface area contributed by atoms with Crippen LogP contribution >= 0.6 is 0 Å². The fourth-order valence-corrected chi connectivity index (χ4v) is 4.25. The number of amides is 1. The molecule has 1 aromatic rings. The number of primary amides is 1. The highest BCUT2D eigenvalue weighted by molar-refractivity contribution is 5.73. The SMILES string of the molecule is NC(=O)CCn1ncc2c1CN([C@H]1CO[C@H](C3=C(F)CCC(F)=C3)[C@@H](N)C1)C2. The summed E-state index contributed by atoms with van der Waals surface area (Å²) in [4.78, 5) is 13.3. The van der Waals surface area contributed by atoms with Gasteiger partial charge in [0.15, 0.2) is 0 Å². The lowest BCUT2D eigenvalue weighted by atomic mass is 9.90. The molecule has 3 atom stereocenters. The van der Waals surface area contributed by atoms with Gasteiger partial charge in [-0.2, -0.15) is 5.10 Å². The molecule has 0 spiro atoms. The number of carbonyl (C=O) groups excluding carboxylic acids is 1. The van der Waals surface area contributed by atoms with Crippen LogP contribution in [0, 0.1) is 0 Å². The van der Waals surface area contributed by atoms with Gasteiger partial charge in [0.2, 0.25) is 5.91 Å². The zero-order valence-corrected chi connectivity index (χ0v) is 15.6. The maximum absolute atomic E-state index is 14.2. The number of hydrogen-bond donors (Lipinski definition) is 2. The summed E-state index contributed by atoms with van der Waals surface area (Å²) in [6, 6.07) is -0.318. The summed E-state index contributed by atoms with van der Waals surface area (Å²) in [5.41, 5.74) is 14.0. The third-order valence-corrected chi connectivity index (χ3v) is 5.76. The largest absolute Gasteiger partial charge is 0.370 e. The summed E-state index contributed by atoms with van der Waals surface area (Å²) in [7, 11) is 0. The van der Waals surface area contributed by atoms with E-state index in [9.17, 15) is 13.6 Å². The van der Waals surface area contributed by atoms with Gasteiger partial charge < -0.3 is 16.2 Å². The van der Waals surface area contributed by atoms with Crippen molar-refractivity contribution in [2.45, 2.75) is 63.5 Å². The molecule has 28 heavy (non-hydrogen) atoms. The molecule has 0 unspecified atom stereocenters. The van der Waals surface area contributed by atoms with Crippen molar-refractivity contribution in [3.05, 3.63) is 40.8 Å². The molecule has 1 aromatic heterocycles. The van der Waals surface area contributed by atoms with Crippen LogP contribution in [0.3, 0.4) is 0 Å². The molecule has 152 valence electrons. The van der Waals surface area contributed by atoms with Crippen LogP contribution in [-0.2, 0) is 29.2 Å². The highest BCUT2D eigenvalue weighted by Crippen LogP contribution is 2.34. The van der Waals surface area contributed by atoms with Crippen molar-refractivity contribution in [1.82, 2.24) is 14.7 Å². The van der Waals surface area contributed by atoms with E-state index in [1.54, 1.807) is 0 Å². The maximum Gasteiger partial charge on any atom is 0.219 e. The molecular formula is C19H25F2N5O2. The van der Waals surface area contributed by atoms with Crippen LogP contribution in [0.4, 0.5) is 8.78 Å². The Morgan fingerprint density at radius 3 is 2.89 bits per heavy atom. The number of nitrogens with two attached hydrogens (primary N) is 2. The van der Waals surface area contributed by atoms with Crippen molar-refractivity contribution < 1.29 is 18.3 Å². The minimum atomic E-state index is -0.613. The smallest absolute Gasteiger partial charge is 0.219 e. The molecule has 3 aliphatic rings. The quantitative estimate of drug-likeness (QED) is 0.788. The summed E-state index contributed by atoms with van der Waals surface area (Å²) in [6.07, 6.45) is 3.49. The van der Waals surface area contributed by atoms with Gasteiger partial charge >= 0.3 is 0 Å². The van der Waals surface area contributed by atoms with E-state index >= 15 is 0 Å². The molecule has 1 amide bonds. The number of carbonyl (C=O) groups is 1. The molecule has 0 bridgehead atoms. The van der Waals surface area contributed by atoms with Gasteiger partial charge in [0.25, 0.3) is 0 Å². The Hall–Kier alpha value is -2.10. The number of aryl methyl sites for hydroxylation is 1. The summed E-state index contributed by atoms with van der Waals surface area (Å²) < 4.78 is 35.5. The van der Waals surface area contributed by atoms with Gasteiger partial charge in [0, 0.05) is 55.6 Å². The highest BCUT2D eigenvalue weighted by atomic mass is 19.1. The lowest BCUT2D eigenvalue weighted by molar-refractivity contribution is -0.118. The van der Waals surface area contributed by atoms with E-state index in [0.29, 0.717) is 26.1 Å². The third kappa shape index (κ3) is 3.74. The molecule has 3 heterocycles. The van der Waals surface area contributed by atoms with Crippen LogP contribution in [0.5, 0.6) is 0 Å². The maximum atomic E-state index is 14.2. The predicted molar refractivity (Wildman–Crippen MR) is 98.0 cm³/mol.